The molecule has 1 aromatic carbocycles. The molecule has 3 nitrogen and oxygen atoms in total. The highest BCUT2D eigenvalue weighted by atomic mass is 19.1. The second kappa shape index (κ2) is 5.92. The number of benzene rings is 1. The van der Waals surface area contributed by atoms with E-state index in [0.29, 0.717) is 18.9 Å². The molecule has 2 rings (SSSR count). The molecule has 20 heavy (non-hydrogen) atoms. The van der Waals surface area contributed by atoms with E-state index >= 15 is 0 Å². The molecule has 1 heterocycles. The molecule has 1 fully saturated rings. The highest BCUT2D eigenvalue weighted by Crippen LogP contribution is 2.32. The van der Waals surface area contributed by atoms with Crippen molar-refractivity contribution in [3.63, 3.8) is 0 Å². The highest BCUT2D eigenvalue weighted by Gasteiger charge is 2.37. The number of likely N-dealkylation sites (tertiary alicyclic amines) is 1. The van der Waals surface area contributed by atoms with Crippen molar-refractivity contribution in [3.8, 4) is 0 Å². The van der Waals surface area contributed by atoms with Gasteiger partial charge in [-0.3, -0.25) is 4.79 Å². The van der Waals surface area contributed by atoms with Crippen molar-refractivity contribution in [2.75, 3.05) is 13.1 Å². The van der Waals surface area contributed by atoms with E-state index in [9.17, 15) is 14.3 Å². The average molecular weight is 279 g/mol. The van der Waals surface area contributed by atoms with Gasteiger partial charge in [-0.1, -0.05) is 12.1 Å². The molecule has 110 valence electrons. The van der Waals surface area contributed by atoms with Gasteiger partial charge in [0.1, 0.15) is 5.82 Å². The Bertz CT molecular complexity index is 481. The first-order chi connectivity index (χ1) is 9.40. The highest BCUT2D eigenvalue weighted by molar-refractivity contribution is 5.74. The number of nitrogens with zero attached hydrogens (tertiary/aromatic N) is 1. The van der Waals surface area contributed by atoms with Gasteiger partial charge >= 0.3 is 5.97 Å². The zero-order valence-corrected chi connectivity index (χ0v) is 12.1. The van der Waals surface area contributed by atoms with Crippen molar-refractivity contribution in [1.82, 2.24) is 4.90 Å². The monoisotopic (exact) mass is 279 g/mol. The summed E-state index contributed by atoms with van der Waals surface area (Å²) in [6, 6.07) is 6.99. The van der Waals surface area contributed by atoms with E-state index in [1.54, 1.807) is 12.1 Å². The van der Waals surface area contributed by atoms with Crippen LogP contribution < -0.4 is 0 Å². The van der Waals surface area contributed by atoms with Crippen LogP contribution in [0.2, 0.25) is 0 Å². The van der Waals surface area contributed by atoms with Gasteiger partial charge in [-0.05, 0) is 63.9 Å². The molecule has 1 atom stereocenters. The van der Waals surface area contributed by atoms with Crippen molar-refractivity contribution >= 4 is 5.97 Å². The van der Waals surface area contributed by atoms with Crippen LogP contribution in [-0.2, 0) is 11.2 Å². The Morgan fingerprint density at radius 3 is 2.65 bits per heavy atom. The fourth-order valence-electron chi connectivity index (χ4n) is 2.81. The van der Waals surface area contributed by atoms with Crippen LogP contribution in [0.3, 0.4) is 0 Å². The lowest BCUT2D eigenvalue weighted by molar-refractivity contribution is -0.151. The Kier molecular flexibility index (Phi) is 4.43. The van der Waals surface area contributed by atoms with Gasteiger partial charge in [0.15, 0.2) is 0 Å². The van der Waals surface area contributed by atoms with Crippen LogP contribution in [0.5, 0.6) is 0 Å². The van der Waals surface area contributed by atoms with Crippen molar-refractivity contribution < 1.29 is 14.3 Å². The predicted octanol–water partition coefficient (Wildman–Crippen LogP) is 2.94. The van der Waals surface area contributed by atoms with Crippen molar-refractivity contribution in [3.05, 3.63) is 35.6 Å². The molecular weight excluding hydrogens is 257 g/mol. The Balaban J connectivity index is 1.92. The van der Waals surface area contributed by atoms with Gasteiger partial charge in [-0.2, -0.15) is 0 Å². The number of carbonyl (C=O) groups is 1. The van der Waals surface area contributed by atoms with E-state index in [-0.39, 0.29) is 5.82 Å². The van der Waals surface area contributed by atoms with Gasteiger partial charge in [0.2, 0.25) is 0 Å². The molecule has 1 aliphatic heterocycles. The summed E-state index contributed by atoms with van der Waals surface area (Å²) in [6.07, 6.45) is 2.15. The fraction of sp³-hybridized carbons (Fsp3) is 0.562. The lowest BCUT2D eigenvalue weighted by atomic mass is 9.80. The first kappa shape index (κ1) is 15.0. The minimum Gasteiger partial charge on any atom is -0.481 e. The molecule has 0 saturated carbocycles. The lowest BCUT2D eigenvalue weighted by Gasteiger charge is -2.39. The van der Waals surface area contributed by atoms with Crippen LogP contribution in [-0.4, -0.2) is 35.1 Å². The maximum atomic E-state index is 13.2. The number of piperidine rings is 1. The van der Waals surface area contributed by atoms with Crippen LogP contribution >= 0.6 is 0 Å². The lowest BCUT2D eigenvalue weighted by Crippen LogP contribution is -2.46. The summed E-state index contributed by atoms with van der Waals surface area (Å²) in [5.41, 5.74) is 0.402. The van der Waals surface area contributed by atoms with E-state index in [4.69, 9.17) is 0 Å². The fourth-order valence-corrected chi connectivity index (χ4v) is 2.81. The first-order valence-corrected chi connectivity index (χ1v) is 7.12. The van der Waals surface area contributed by atoms with Gasteiger partial charge < -0.3 is 10.0 Å². The van der Waals surface area contributed by atoms with Gasteiger partial charge in [0.25, 0.3) is 0 Å². The molecule has 0 spiro atoms. The zero-order chi connectivity index (χ0) is 14.8. The summed E-state index contributed by atoms with van der Waals surface area (Å²) < 4.78 is 13.2. The molecule has 1 aliphatic rings. The summed E-state index contributed by atoms with van der Waals surface area (Å²) in [7, 11) is 0. The average Bonchev–Trinajstić information content (AvgIpc) is 2.39. The summed E-state index contributed by atoms with van der Waals surface area (Å²) in [6.45, 7) is 5.52. The maximum Gasteiger partial charge on any atom is 0.309 e. The number of rotatable bonds is 4. The predicted molar refractivity (Wildman–Crippen MR) is 76.1 cm³/mol. The van der Waals surface area contributed by atoms with Crippen molar-refractivity contribution in [2.24, 2.45) is 5.41 Å². The summed E-state index contributed by atoms with van der Waals surface area (Å²) >= 11 is 0. The number of hydrogen-bond acceptors (Lipinski definition) is 2. The SMILES string of the molecule is CC(Cc1cccc(F)c1)N1CCC(C)(C(=O)O)CC1. The van der Waals surface area contributed by atoms with Gasteiger partial charge in [0.05, 0.1) is 5.41 Å². The summed E-state index contributed by atoms with van der Waals surface area (Å²) in [5.74, 6) is -0.901. The van der Waals surface area contributed by atoms with Gasteiger partial charge in [0, 0.05) is 6.04 Å². The second-order valence-electron chi connectivity index (χ2n) is 6.08. The number of halogens is 1. The molecular formula is C16H22FNO2. The molecule has 0 aliphatic carbocycles. The number of carboxylic acid groups (broad SMARTS) is 1. The summed E-state index contributed by atoms with van der Waals surface area (Å²) in [5, 5.41) is 9.23. The molecule has 1 unspecified atom stereocenters. The van der Waals surface area contributed by atoms with E-state index < -0.39 is 11.4 Å². The molecule has 4 heteroatoms. The molecule has 0 aromatic heterocycles. The Hall–Kier alpha value is -1.42. The maximum absolute atomic E-state index is 13.2. The topological polar surface area (TPSA) is 40.5 Å². The van der Waals surface area contributed by atoms with Crippen LogP contribution in [0.15, 0.2) is 24.3 Å². The molecule has 1 N–H and O–H groups in total. The number of carboxylic acids is 1. The minimum absolute atomic E-state index is 0.202. The molecule has 0 amide bonds. The van der Waals surface area contributed by atoms with Crippen molar-refractivity contribution in [2.45, 2.75) is 39.2 Å². The van der Waals surface area contributed by atoms with Crippen LogP contribution in [0.25, 0.3) is 0 Å². The Morgan fingerprint density at radius 2 is 2.10 bits per heavy atom. The molecule has 1 saturated heterocycles. The van der Waals surface area contributed by atoms with E-state index in [2.05, 4.69) is 11.8 Å². The second-order valence-corrected chi connectivity index (χ2v) is 6.08. The van der Waals surface area contributed by atoms with Gasteiger partial charge in [-0.25, -0.2) is 4.39 Å². The molecule has 0 bridgehead atoms. The number of hydrogen-bond donors (Lipinski definition) is 1. The van der Waals surface area contributed by atoms with E-state index in [1.807, 2.05) is 13.0 Å². The molecule has 0 radical (unpaired) electrons. The standard InChI is InChI=1S/C16H22FNO2/c1-12(10-13-4-3-5-14(17)11-13)18-8-6-16(2,7-9-18)15(19)20/h3-5,11-12H,6-10H2,1-2H3,(H,19,20). The van der Waals surface area contributed by atoms with E-state index in [1.165, 1.54) is 6.07 Å². The van der Waals surface area contributed by atoms with E-state index in [0.717, 1.165) is 25.1 Å². The Labute approximate surface area is 119 Å². The minimum atomic E-state index is -0.699. The summed E-state index contributed by atoms with van der Waals surface area (Å²) in [4.78, 5) is 13.5. The molecule has 1 aromatic rings. The quantitative estimate of drug-likeness (QED) is 0.921. The first-order valence-electron chi connectivity index (χ1n) is 7.12. The van der Waals surface area contributed by atoms with Crippen LogP contribution in [0.4, 0.5) is 4.39 Å². The van der Waals surface area contributed by atoms with Gasteiger partial charge in [-0.15, -0.1) is 0 Å². The Morgan fingerprint density at radius 1 is 1.45 bits per heavy atom. The normalized spacial score (nSPS) is 20.6. The van der Waals surface area contributed by atoms with Crippen LogP contribution in [0.1, 0.15) is 32.3 Å². The van der Waals surface area contributed by atoms with Crippen LogP contribution in [0, 0.1) is 11.2 Å². The smallest absolute Gasteiger partial charge is 0.309 e. The largest absolute Gasteiger partial charge is 0.481 e. The zero-order valence-electron chi connectivity index (χ0n) is 12.1. The third-order valence-corrected chi connectivity index (χ3v) is 4.46. The van der Waals surface area contributed by atoms with Crippen molar-refractivity contribution in [1.29, 1.82) is 0 Å². The third-order valence-electron chi connectivity index (χ3n) is 4.46. The number of aliphatic carboxylic acids is 1. The third kappa shape index (κ3) is 3.37.